The summed E-state index contributed by atoms with van der Waals surface area (Å²) in [5, 5.41) is 0. The summed E-state index contributed by atoms with van der Waals surface area (Å²) in [6, 6.07) is 0. The van der Waals surface area contributed by atoms with Crippen LogP contribution in [0.15, 0.2) is 0 Å². The molecular weight excluding hydrogens is 146 g/mol. The largest absolute Gasteiger partial charge is 0.302 e. The zero-order valence-corrected chi connectivity index (χ0v) is 8.64. The standard InChI is InChI=1S/C11H21N/c1-11(2,3)10-7-12(8-10)6-9-4-5-9/h9-10H,4-8H2,1-3H3. The van der Waals surface area contributed by atoms with E-state index in [-0.39, 0.29) is 0 Å². The summed E-state index contributed by atoms with van der Waals surface area (Å²) in [6.07, 6.45) is 2.99. The molecule has 1 saturated heterocycles. The van der Waals surface area contributed by atoms with Gasteiger partial charge in [-0.3, -0.25) is 0 Å². The average molecular weight is 167 g/mol. The van der Waals surface area contributed by atoms with Crippen molar-refractivity contribution in [3.63, 3.8) is 0 Å². The van der Waals surface area contributed by atoms with Gasteiger partial charge in [-0.2, -0.15) is 0 Å². The highest BCUT2D eigenvalue weighted by molar-refractivity contribution is 4.90. The highest BCUT2D eigenvalue weighted by Gasteiger charge is 2.37. The number of rotatable bonds is 2. The molecule has 2 rings (SSSR count). The molecule has 1 heterocycles. The van der Waals surface area contributed by atoms with E-state index in [9.17, 15) is 0 Å². The molecule has 0 amide bonds. The van der Waals surface area contributed by atoms with Crippen LogP contribution in [-0.4, -0.2) is 24.5 Å². The minimum absolute atomic E-state index is 0.542. The van der Waals surface area contributed by atoms with Crippen molar-refractivity contribution < 1.29 is 0 Å². The summed E-state index contributed by atoms with van der Waals surface area (Å²) in [5.74, 6) is 2.03. The first-order valence-electron chi connectivity index (χ1n) is 5.28. The van der Waals surface area contributed by atoms with Crippen LogP contribution < -0.4 is 0 Å². The summed E-state index contributed by atoms with van der Waals surface area (Å²) < 4.78 is 0. The van der Waals surface area contributed by atoms with Crippen LogP contribution in [0.3, 0.4) is 0 Å². The maximum atomic E-state index is 2.63. The Labute approximate surface area is 76.1 Å². The molecule has 1 saturated carbocycles. The normalized spacial score (nSPS) is 27.2. The van der Waals surface area contributed by atoms with Gasteiger partial charge in [0.1, 0.15) is 0 Å². The van der Waals surface area contributed by atoms with E-state index in [0.717, 1.165) is 11.8 Å². The van der Waals surface area contributed by atoms with E-state index in [0.29, 0.717) is 5.41 Å². The van der Waals surface area contributed by atoms with Crippen LogP contribution in [0.5, 0.6) is 0 Å². The molecule has 2 aliphatic rings. The van der Waals surface area contributed by atoms with Crippen LogP contribution in [0.2, 0.25) is 0 Å². The predicted molar refractivity (Wildman–Crippen MR) is 52.1 cm³/mol. The molecule has 0 aromatic heterocycles. The second-order valence-corrected chi connectivity index (χ2v) is 5.72. The van der Waals surface area contributed by atoms with E-state index in [4.69, 9.17) is 0 Å². The summed E-state index contributed by atoms with van der Waals surface area (Å²) in [6.45, 7) is 11.2. The van der Waals surface area contributed by atoms with E-state index in [1.165, 1.54) is 32.5 Å². The predicted octanol–water partition coefficient (Wildman–Crippen LogP) is 2.37. The van der Waals surface area contributed by atoms with Crippen LogP contribution in [0.4, 0.5) is 0 Å². The second-order valence-electron chi connectivity index (χ2n) is 5.72. The van der Waals surface area contributed by atoms with Crippen LogP contribution >= 0.6 is 0 Å². The van der Waals surface area contributed by atoms with E-state index in [2.05, 4.69) is 25.7 Å². The highest BCUT2D eigenvalue weighted by atomic mass is 15.2. The zero-order chi connectivity index (χ0) is 8.77. The molecule has 12 heavy (non-hydrogen) atoms. The molecule has 70 valence electrons. The molecule has 1 nitrogen and oxygen atoms in total. The van der Waals surface area contributed by atoms with Crippen LogP contribution in [0, 0.1) is 17.3 Å². The van der Waals surface area contributed by atoms with Gasteiger partial charge in [0.2, 0.25) is 0 Å². The van der Waals surface area contributed by atoms with Crippen LogP contribution in [0.25, 0.3) is 0 Å². The van der Waals surface area contributed by atoms with Crippen molar-refractivity contribution >= 4 is 0 Å². The molecule has 0 spiro atoms. The Morgan fingerprint density at radius 3 is 2.17 bits per heavy atom. The van der Waals surface area contributed by atoms with Gasteiger partial charge in [0.15, 0.2) is 0 Å². The zero-order valence-electron chi connectivity index (χ0n) is 8.64. The molecule has 1 heteroatoms. The second kappa shape index (κ2) is 2.73. The molecule has 0 aromatic carbocycles. The molecular formula is C11H21N. The topological polar surface area (TPSA) is 3.24 Å². The van der Waals surface area contributed by atoms with Gasteiger partial charge in [-0.1, -0.05) is 20.8 Å². The summed E-state index contributed by atoms with van der Waals surface area (Å²) in [4.78, 5) is 2.63. The molecule has 0 unspecified atom stereocenters. The lowest BCUT2D eigenvalue weighted by atomic mass is 9.76. The Morgan fingerprint density at radius 2 is 1.75 bits per heavy atom. The minimum atomic E-state index is 0.542. The number of hydrogen-bond acceptors (Lipinski definition) is 1. The third kappa shape index (κ3) is 1.82. The first-order valence-corrected chi connectivity index (χ1v) is 5.28. The quantitative estimate of drug-likeness (QED) is 0.610. The lowest BCUT2D eigenvalue weighted by molar-refractivity contribution is 0.0217. The van der Waals surface area contributed by atoms with Gasteiger partial charge in [-0.25, -0.2) is 0 Å². The molecule has 1 aliphatic heterocycles. The van der Waals surface area contributed by atoms with Crippen molar-refractivity contribution in [2.45, 2.75) is 33.6 Å². The van der Waals surface area contributed by atoms with Gasteiger partial charge in [0.25, 0.3) is 0 Å². The number of hydrogen-bond donors (Lipinski definition) is 0. The van der Waals surface area contributed by atoms with Gasteiger partial charge < -0.3 is 4.90 Å². The van der Waals surface area contributed by atoms with Crippen molar-refractivity contribution in [2.24, 2.45) is 17.3 Å². The maximum absolute atomic E-state index is 2.63. The molecule has 0 radical (unpaired) electrons. The van der Waals surface area contributed by atoms with Crippen molar-refractivity contribution in [1.29, 1.82) is 0 Å². The van der Waals surface area contributed by atoms with Crippen molar-refractivity contribution in [2.75, 3.05) is 19.6 Å². The Kier molecular flexibility index (Phi) is 1.95. The molecule has 0 bridgehead atoms. The van der Waals surface area contributed by atoms with E-state index >= 15 is 0 Å². The summed E-state index contributed by atoms with van der Waals surface area (Å²) in [5.41, 5.74) is 0.542. The highest BCUT2D eigenvalue weighted by Crippen LogP contribution is 2.37. The third-order valence-electron chi connectivity index (χ3n) is 3.40. The van der Waals surface area contributed by atoms with Gasteiger partial charge in [0.05, 0.1) is 0 Å². The minimum Gasteiger partial charge on any atom is -0.302 e. The fraction of sp³-hybridized carbons (Fsp3) is 1.00. The Morgan fingerprint density at radius 1 is 1.17 bits per heavy atom. The van der Waals surface area contributed by atoms with Gasteiger partial charge in [0, 0.05) is 19.6 Å². The van der Waals surface area contributed by atoms with Gasteiger partial charge >= 0.3 is 0 Å². The first-order chi connectivity index (χ1) is 5.55. The summed E-state index contributed by atoms with van der Waals surface area (Å²) in [7, 11) is 0. The molecule has 0 aromatic rings. The SMILES string of the molecule is CC(C)(C)C1CN(CC2CC2)C1. The number of nitrogens with zero attached hydrogens (tertiary/aromatic N) is 1. The van der Waals surface area contributed by atoms with Gasteiger partial charge in [-0.15, -0.1) is 0 Å². The fourth-order valence-corrected chi connectivity index (χ4v) is 1.93. The maximum Gasteiger partial charge on any atom is 0.00272 e. The summed E-state index contributed by atoms with van der Waals surface area (Å²) >= 11 is 0. The van der Waals surface area contributed by atoms with E-state index in [1.54, 1.807) is 0 Å². The molecule has 0 N–H and O–H groups in total. The Hall–Kier alpha value is -0.0400. The smallest absolute Gasteiger partial charge is 0.00272 e. The van der Waals surface area contributed by atoms with Gasteiger partial charge in [-0.05, 0) is 30.1 Å². The fourth-order valence-electron chi connectivity index (χ4n) is 1.93. The van der Waals surface area contributed by atoms with E-state index in [1.807, 2.05) is 0 Å². The lowest BCUT2D eigenvalue weighted by Gasteiger charge is -2.46. The van der Waals surface area contributed by atoms with Crippen LogP contribution in [-0.2, 0) is 0 Å². The van der Waals surface area contributed by atoms with Crippen molar-refractivity contribution in [1.82, 2.24) is 4.90 Å². The lowest BCUT2D eigenvalue weighted by Crippen LogP contribution is -2.52. The Bertz CT molecular complexity index is 158. The Balaban J connectivity index is 1.68. The van der Waals surface area contributed by atoms with E-state index < -0.39 is 0 Å². The van der Waals surface area contributed by atoms with Crippen molar-refractivity contribution in [3.05, 3.63) is 0 Å². The monoisotopic (exact) mass is 167 g/mol. The first kappa shape index (κ1) is 8.55. The molecule has 1 aliphatic carbocycles. The van der Waals surface area contributed by atoms with Crippen LogP contribution in [0.1, 0.15) is 33.6 Å². The molecule has 0 atom stereocenters. The average Bonchev–Trinajstić information content (AvgIpc) is 2.56. The van der Waals surface area contributed by atoms with Crippen molar-refractivity contribution in [3.8, 4) is 0 Å². The number of likely N-dealkylation sites (tertiary alicyclic amines) is 1. The third-order valence-corrected chi connectivity index (χ3v) is 3.40. The molecule has 2 fully saturated rings.